The smallest absolute Gasteiger partial charge is 0.384 e. The lowest BCUT2D eigenvalue weighted by Gasteiger charge is -2.36. The molecule has 2 rings (SSSR count). The highest BCUT2D eigenvalue weighted by atomic mass is 19.4. The Hall–Kier alpha value is -1.64. The van der Waals surface area contributed by atoms with Gasteiger partial charge in [-0.2, -0.15) is 13.2 Å². The van der Waals surface area contributed by atoms with E-state index in [-0.39, 0.29) is 25.3 Å². The van der Waals surface area contributed by atoms with Gasteiger partial charge in [-0.25, -0.2) is 0 Å². The van der Waals surface area contributed by atoms with Gasteiger partial charge in [0, 0.05) is 19.6 Å². The predicted octanol–water partition coefficient (Wildman–Crippen LogP) is 1.10. The second kappa shape index (κ2) is 6.46. The Kier molecular flexibility index (Phi) is 4.98. The number of benzene rings is 1. The number of halogens is 3. The molecule has 128 valence electrons. The average molecular weight is 332 g/mol. The van der Waals surface area contributed by atoms with E-state index in [9.17, 15) is 23.1 Å². The normalized spacial score (nSPS) is 22.6. The first kappa shape index (κ1) is 17.7. The molecule has 8 heteroatoms. The lowest BCUT2D eigenvalue weighted by Crippen LogP contribution is -2.51. The number of amides is 1. The Morgan fingerprint density at radius 2 is 2.09 bits per heavy atom. The molecule has 0 spiro atoms. The quantitative estimate of drug-likeness (QED) is 0.866. The fourth-order valence-corrected chi connectivity index (χ4v) is 2.58. The predicted molar refractivity (Wildman–Crippen MR) is 76.4 cm³/mol. The average Bonchev–Trinajstić information content (AvgIpc) is 2.46. The summed E-state index contributed by atoms with van der Waals surface area (Å²) in [6.45, 7) is 2.44. The van der Waals surface area contributed by atoms with Gasteiger partial charge in [0.05, 0.1) is 17.8 Å². The van der Waals surface area contributed by atoms with Gasteiger partial charge in [-0.3, -0.25) is 9.69 Å². The molecule has 1 aromatic rings. The van der Waals surface area contributed by atoms with Crippen LogP contribution < -0.4 is 5.73 Å². The van der Waals surface area contributed by atoms with Crippen molar-refractivity contribution in [2.24, 2.45) is 5.73 Å². The lowest BCUT2D eigenvalue weighted by atomic mass is 9.93. The highest BCUT2D eigenvalue weighted by Crippen LogP contribution is 2.32. The zero-order valence-corrected chi connectivity index (χ0v) is 12.6. The second-order valence-electron chi connectivity index (χ2n) is 5.85. The van der Waals surface area contributed by atoms with Gasteiger partial charge in [0.2, 0.25) is 5.91 Å². The van der Waals surface area contributed by atoms with Gasteiger partial charge in [0.25, 0.3) is 0 Å². The first-order valence-corrected chi connectivity index (χ1v) is 7.13. The number of morpholine rings is 1. The van der Waals surface area contributed by atoms with Crippen molar-refractivity contribution in [2.75, 3.05) is 26.2 Å². The van der Waals surface area contributed by atoms with E-state index in [0.717, 1.165) is 12.1 Å². The summed E-state index contributed by atoms with van der Waals surface area (Å²) < 4.78 is 43.6. The number of rotatable bonds is 4. The maximum Gasteiger partial charge on any atom is 0.416 e. The van der Waals surface area contributed by atoms with Crippen molar-refractivity contribution >= 4 is 5.91 Å². The number of nitrogens with two attached hydrogens (primary N) is 1. The summed E-state index contributed by atoms with van der Waals surface area (Å²) in [5.41, 5.74) is 3.04. The topological polar surface area (TPSA) is 75.8 Å². The van der Waals surface area contributed by atoms with Crippen LogP contribution in [0, 0.1) is 0 Å². The highest BCUT2D eigenvalue weighted by Gasteiger charge is 2.35. The molecule has 0 aromatic heterocycles. The minimum absolute atomic E-state index is 0.0709. The summed E-state index contributed by atoms with van der Waals surface area (Å²) in [5, 5.41) is 10.6. The molecule has 1 aromatic carbocycles. The summed E-state index contributed by atoms with van der Waals surface area (Å²) in [6.07, 6.45) is -5.25. The van der Waals surface area contributed by atoms with E-state index in [1.165, 1.54) is 19.1 Å². The number of β-amino-alcohol motifs (C(OH)–C–C–N with tert-alkyl or cyclic N) is 1. The maximum absolute atomic E-state index is 12.8. The maximum atomic E-state index is 12.8. The molecule has 0 bridgehead atoms. The van der Waals surface area contributed by atoms with E-state index >= 15 is 0 Å². The van der Waals surface area contributed by atoms with Crippen LogP contribution in [-0.4, -0.2) is 48.3 Å². The molecule has 5 nitrogen and oxygen atoms in total. The Morgan fingerprint density at radius 1 is 1.43 bits per heavy atom. The molecule has 1 aliphatic rings. The van der Waals surface area contributed by atoms with Crippen molar-refractivity contribution in [3.8, 4) is 0 Å². The van der Waals surface area contributed by atoms with Gasteiger partial charge in [-0.1, -0.05) is 12.1 Å². The van der Waals surface area contributed by atoms with E-state index < -0.39 is 29.4 Å². The minimum atomic E-state index is -4.47. The third kappa shape index (κ3) is 4.43. The van der Waals surface area contributed by atoms with Crippen molar-refractivity contribution < 1.29 is 27.8 Å². The van der Waals surface area contributed by atoms with Crippen LogP contribution >= 0.6 is 0 Å². The monoisotopic (exact) mass is 332 g/mol. The first-order chi connectivity index (χ1) is 10.6. The molecule has 0 aliphatic carbocycles. The van der Waals surface area contributed by atoms with Crippen molar-refractivity contribution in [1.82, 2.24) is 4.90 Å². The van der Waals surface area contributed by atoms with E-state index in [0.29, 0.717) is 6.54 Å². The fourth-order valence-electron chi connectivity index (χ4n) is 2.58. The van der Waals surface area contributed by atoms with Crippen LogP contribution in [0.25, 0.3) is 0 Å². The first-order valence-electron chi connectivity index (χ1n) is 7.13. The Balaban J connectivity index is 2.14. The van der Waals surface area contributed by atoms with Crippen molar-refractivity contribution in [2.45, 2.75) is 24.8 Å². The molecule has 1 aliphatic heterocycles. The summed E-state index contributed by atoms with van der Waals surface area (Å²) >= 11 is 0. The van der Waals surface area contributed by atoms with E-state index in [4.69, 9.17) is 10.5 Å². The van der Waals surface area contributed by atoms with Crippen LogP contribution in [0.5, 0.6) is 0 Å². The number of aliphatic hydroxyl groups is 1. The molecule has 1 heterocycles. The summed E-state index contributed by atoms with van der Waals surface area (Å²) in [6, 6.07) is 4.60. The third-order valence-corrected chi connectivity index (χ3v) is 3.81. The number of hydrogen-bond acceptors (Lipinski definition) is 4. The zero-order valence-electron chi connectivity index (χ0n) is 12.6. The molecular formula is C15H19F3N2O3. The van der Waals surface area contributed by atoms with Gasteiger partial charge in [-0.05, 0) is 24.6 Å². The number of hydrogen-bond donors (Lipinski definition) is 2. The van der Waals surface area contributed by atoms with Crippen LogP contribution in [0.4, 0.5) is 13.2 Å². The number of primary amides is 1. The van der Waals surface area contributed by atoms with E-state index in [1.807, 2.05) is 0 Å². The number of carbonyl (C=O) groups is 1. The highest BCUT2D eigenvalue weighted by molar-refractivity contribution is 5.79. The number of alkyl halides is 3. The van der Waals surface area contributed by atoms with Gasteiger partial charge < -0.3 is 15.6 Å². The van der Waals surface area contributed by atoms with Crippen LogP contribution in [0.1, 0.15) is 18.1 Å². The third-order valence-electron chi connectivity index (χ3n) is 3.81. The van der Waals surface area contributed by atoms with Gasteiger partial charge in [0.15, 0.2) is 0 Å². The lowest BCUT2D eigenvalue weighted by molar-refractivity contribution is -0.138. The zero-order chi connectivity index (χ0) is 17.3. The number of nitrogens with zero attached hydrogens (tertiary/aromatic N) is 1. The van der Waals surface area contributed by atoms with Crippen molar-refractivity contribution in [1.29, 1.82) is 0 Å². The Morgan fingerprint density at radius 3 is 2.70 bits per heavy atom. The SMILES string of the molecule is CC(O)(CN1CCOC(C(N)=O)C1)c1cccc(C(F)(F)F)c1. The molecule has 2 unspecified atom stereocenters. The van der Waals surface area contributed by atoms with E-state index in [2.05, 4.69) is 0 Å². The molecule has 1 saturated heterocycles. The largest absolute Gasteiger partial charge is 0.416 e. The molecule has 2 atom stereocenters. The molecule has 23 heavy (non-hydrogen) atoms. The number of ether oxygens (including phenoxy) is 1. The molecule has 0 radical (unpaired) electrons. The second-order valence-corrected chi connectivity index (χ2v) is 5.85. The van der Waals surface area contributed by atoms with E-state index in [1.54, 1.807) is 4.90 Å². The standard InChI is InChI=1S/C15H19F3N2O3/c1-14(22,9-20-5-6-23-12(8-20)13(19)21)10-3-2-4-11(7-10)15(16,17)18/h2-4,7,12,22H,5-6,8-9H2,1H3,(H2,19,21). The molecule has 1 fully saturated rings. The molecule has 0 saturated carbocycles. The molecule has 3 N–H and O–H groups in total. The molecule has 1 amide bonds. The summed E-state index contributed by atoms with van der Waals surface area (Å²) in [4.78, 5) is 12.9. The van der Waals surface area contributed by atoms with Crippen molar-refractivity contribution in [3.63, 3.8) is 0 Å². The Labute approximate surface area is 131 Å². The van der Waals surface area contributed by atoms with Crippen LogP contribution in [0.3, 0.4) is 0 Å². The van der Waals surface area contributed by atoms with Crippen LogP contribution in [-0.2, 0) is 21.3 Å². The summed E-state index contributed by atoms with van der Waals surface area (Å²) in [5.74, 6) is -0.603. The Bertz CT molecular complexity index is 575. The summed E-state index contributed by atoms with van der Waals surface area (Å²) in [7, 11) is 0. The van der Waals surface area contributed by atoms with Crippen LogP contribution in [0.2, 0.25) is 0 Å². The van der Waals surface area contributed by atoms with Crippen LogP contribution in [0.15, 0.2) is 24.3 Å². The fraction of sp³-hybridized carbons (Fsp3) is 0.533. The number of carbonyl (C=O) groups excluding carboxylic acids is 1. The van der Waals surface area contributed by atoms with Gasteiger partial charge in [0.1, 0.15) is 6.10 Å². The van der Waals surface area contributed by atoms with Crippen molar-refractivity contribution in [3.05, 3.63) is 35.4 Å². The van der Waals surface area contributed by atoms with Gasteiger partial charge >= 0.3 is 6.18 Å². The minimum Gasteiger partial charge on any atom is -0.384 e. The molecular weight excluding hydrogens is 313 g/mol. The van der Waals surface area contributed by atoms with Gasteiger partial charge in [-0.15, -0.1) is 0 Å².